The number of nitrogens with one attached hydrogen (secondary N) is 2. The van der Waals surface area contributed by atoms with Crippen molar-refractivity contribution in [3.63, 3.8) is 0 Å². The number of carbonyl (C=O) groups excluding carboxylic acids is 2. The maximum atomic E-state index is 11.8. The molecule has 5 nitrogen and oxygen atoms in total. The Bertz CT molecular complexity index is 564. The Kier molecular flexibility index (Phi) is 4.25. The summed E-state index contributed by atoms with van der Waals surface area (Å²) in [5, 5.41) is 7.00. The molecule has 0 spiro atoms. The van der Waals surface area contributed by atoms with Gasteiger partial charge in [-0.3, -0.25) is 9.59 Å². The number of likely N-dealkylation sites (N-methyl/N-ethyl adjacent to an activating group) is 1. The normalized spacial score (nSPS) is 9.95. The van der Waals surface area contributed by atoms with Crippen LogP contribution in [0, 0.1) is 0 Å². The molecule has 6 heteroatoms. The maximum absolute atomic E-state index is 11.8. The zero-order chi connectivity index (χ0) is 13.7. The summed E-state index contributed by atoms with van der Waals surface area (Å²) in [4.78, 5) is 26.9. The van der Waals surface area contributed by atoms with Gasteiger partial charge in [-0.2, -0.15) is 0 Å². The van der Waals surface area contributed by atoms with Crippen molar-refractivity contribution in [2.45, 2.75) is 6.42 Å². The van der Waals surface area contributed by atoms with Crippen molar-refractivity contribution < 1.29 is 9.59 Å². The molecule has 2 aromatic rings. The van der Waals surface area contributed by atoms with Gasteiger partial charge in [-0.05, 0) is 17.7 Å². The van der Waals surface area contributed by atoms with E-state index in [1.165, 1.54) is 11.3 Å². The number of hydrogen-bond donors (Lipinski definition) is 2. The van der Waals surface area contributed by atoms with E-state index in [0.29, 0.717) is 17.8 Å². The van der Waals surface area contributed by atoms with Gasteiger partial charge in [0.1, 0.15) is 5.69 Å². The fraction of sp³-hybridized carbons (Fsp3) is 0.154. The summed E-state index contributed by atoms with van der Waals surface area (Å²) in [6.07, 6.45) is 0.330. The quantitative estimate of drug-likeness (QED) is 0.892. The van der Waals surface area contributed by atoms with Gasteiger partial charge in [0.15, 0.2) is 0 Å². The second-order valence-corrected chi connectivity index (χ2v) is 4.59. The number of carbonyl (C=O) groups is 2. The van der Waals surface area contributed by atoms with E-state index in [9.17, 15) is 9.59 Å². The Balaban J connectivity index is 1.99. The average Bonchev–Trinajstić information content (AvgIpc) is 2.95. The molecule has 1 heterocycles. The molecule has 0 aliphatic rings. The Morgan fingerprint density at radius 3 is 2.58 bits per heavy atom. The highest BCUT2D eigenvalue weighted by atomic mass is 32.1. The molecule has 0 fully saturated rings. The van der Waals surface area contributed by atoms with E-state index in [4.69, 9.17) is 0 Å². The van der Waals surface area contributed by atoms with Gasteiger partial charge in [-0.15, -0.1) is 11.3 Å². The third kappa shape index (κ3) is 3.62. The summed E-state index contributed by atoms with van der Waals surface area (Å²) >= 11 is 1.37. The highest BCUT2D eigenvalue weighted by Gasteiger charge is 2.08. The lowest BCUT2D eigenvalue weighted by Gasteiger charge is -2.05. The summed E-state index contributed by atoms with van der Waals surface area (Å²) < 4.78 is 0. The molecule has 0 aliphatic heterocycles. The Morgan fingerprint density at radius 1 is 1.26 bits per heavy atom. The van der Waals surface area contributed by atoms with Crippen LogP contribution < -0.4 is 10.6 Å². The molecule has 0 bridgehead atoms. The van der Waals surface area contributed by atoms with Crippen molar-refractivity contribution in [2.75, 3.05) is 12.4 Å². The van der Waals surface area contributed by atoms with Gasteiger partial charge < -0.3 is 10.6 Å². The van der Waals surface area contributed by atoms with Gasteiger partial charge in [0, 0.05) is 18.1 Å². The van der Waals surface area contributed by atoms with Crippen LogP contribution >= 0.6 is 11.3 Å². The van der Waals surface area contributed by atoms with Crippen LogP contribution in [-0.2, 0) is 11.2 Å². The predicted molar refractivity (Wildman–Crippen MR) is 74.3 cm³/mol. The molecule has 19 heavy (non-hydrogen) atoms. The summed E-state index contributed by atoms with van der Waals surface area (Å²) in [6.45, 7) is 0. The zero-order valence-corrected chi connectivity index (χ0v) is 11.2. The lowest BCUT2D eigenvalue weighted by molar-refractivity contribution is -0.119. The van der Waals surface area contributed by atoms with E-state index >= 15 is 0 Å². The standard InChI is InChI=1S/C13H13N3O2S/c1-14-12(17)6-9-2-4-10(5-3-9)16-13(18)11-7-19-8-15-11/h2-5,7-8H,6H2,1H3,(H,14,17)(H,16,18). The van der Waals surface area contributed by atoms with E-state index in [2.05, 4.69) is 15.6 Å². The first-order valence-corrected chi connectivity index (χ1v) is 6.62. The number of benzene rings is 1. The van der Waals surface area contributed by atoms with Crippen LogP contribution in [-0.4, -0.2) is 23.8 Å². The fourth-order valence-corrected chi connectivity index (χ4v) is 2.03. The second-order valence-electron chi connectivity index (χ2n) is 3.87. The first kappa shape index (κ1) is 13.2. The number of aromatic nitrogens is 1. The van der Waals surface area contributed by atoms with Gasteiger partial charge in [-0.1, -0.05) is 12.1 Å². The maximum Gasteiger partial charge on any atom is 0.275 e. The molecule has 2 amide bonds. The van der Waals surface area contributed by atoms with Crippen LogP contribution in [0.1, 0.15) is 16.1 Å². The van der Waals surface area contributed by atoms with E-state index in [1.807, 2.05) is 12.1 Å². The molecule has 0 saturated carbocycles. The molecule has 2 N–H and O–H groups in total. The van der Waals surface area contributed by atoms with Crippen LogP contribution in [0.3, 0.4) is 0 Å². The molecule has 0 saturated heterocycles. The Morgan fingerprint density at radius 2 is 2.00 bits per heavy atom. The monoisotopic (exact) mass is 275 g/mol. The van der Waals surface area contributed by atoms with Gasteiger partial charge in [0.05, 0.1) is 11.9 Å². The molecule has 0 atom stereocenters. The largest absolute Gasteiger partial charge is 0.359 e. The minimum absolute atomic E-state index is 0.0424. The van der Waals surface area contributed by atoms with Crippen molar-refractivity contribution >= 4 is 28.8 Å². The first-order valence-electron chi connectivity index (χ1n) is 5.68. The number of hydrogen-bond acceptors (Lipinski definition) is 4. The lowest BCUT2D eigenvalue weighted by Crippen LogP contribution is -2.19. The van der Waals surface area contributed by atoms with E-state index in [0.717, 1.165) is 5.56 Å². The number of amides is 2. The highest BCUT2D eigenvalue weighted by Crippen LogP contribution is 2.12. The van der Waals surface area contributed by atoms with Crippen molar-refractivity contribution in [2.24, 2.45) is 0 Å². The third-order valence-corrected chi connectivity index (χ3v) is 3.11. The average molecular weight is 275 g/mol. The third-order valence-electron chi connectivity index (χ3n) is 2.52. The molecule has 2 rings (SSSR count). The van der Waals surface area contributed by atoms with Gasteiger partial charge >= 0.3 is 0 Å². The molecular weight excluding hydrogens is 262 g/mol. The SMILES string of the molecule is CNC(=O)Cc1ccc(NC(=O)c2cscn2)cc1. The van der Waals surface area contributed by atoms with Crippen molar-refractivity contribution in [3.05, 3.63) is 46.4 Å². The van der Waals surface area contributed by atoms with Crippen LogP contribution in [0.2, 0.25) is 0 Å². The van der Waals surface area contributed by atoms with Crippen LogP contribution in [0.4, 0.5) is 5.69 Å². The molecule has 1 aromatic carbocycles. The molecule has 1 aromatic heterocycles. The molecule has 98 valence electrons. The zero-order valence-electron chi connectivity index (χ0n) is 10.3. The highest BCUT2D eigenvalue weighted by molar-refractivity contribution is 7.07. The number of anilines is 1. The fourth-order valence-electron chi connectivity index (χ4n) is 1.50. The Hall–Kier alpha value is -2.21. The first-order chi connectivity index (χ1) is 9.19. The van der Waals surface area contributed by atoms with Crippen molar-refractivity contribution in [1.82, 2.24) is 10.3 Å². The summed E-state index contributed by atoms with van der Waals surface area (Å²) in [5.74, 6) is -0.278. The minimum atomic E-state index is -0.236. The second kappa shape index (κ2) is 6.10. The van der Waals surface area contributed by atoms with Gasteiger partial charge in [0.2, 0.25) is 5.91 Å². The lowest BCUT2D eigenvalue weighted by atomic mass is 10.1. The predicted octanol–water partition coefficient (Wildman–Crippen LogP) is 1.68. The van der Waals surface area contributed by atoms with E-state index in [-0.39, 0.29) is 11.8 Å². The molecular formula is C13H13N3O2S. The van der Waals surface area contributed by atoms with Crippen LogP contribution in [0.15, 0.2) is 35.2 Å². The minimum Gasteiger partial charge on any atom is -0.359 e. The molecule has 0 aliphatic carbocycles. The Labute approximate surface area is 114 Å². The van der Waals surface area contributed by atoms with Crippen LogP contribution in [0.25, 0.3) is 0 Å². The summed E-state index contributed by atoms with van der Waals surface area (Å²) in [5.41, 5.74) is 3.59. The van der Waals surface area contributed by atoms with Crippen molar-refractivity contribution in [3.8, 4) is 0 Å². The number of nitrogens with zero attached hydrogens (tertiary/aromatic N) is 1. The van der Waals surface area contributed by atoms with E-state index < -0.39 is 0 Å². The topological polar surface area (TPSA) is 71.1 Å². The molecule has 0 radical (unpaired) electrons. The van der Waals surface area contributed by atoms with Crippen LogP contribution in [0.5, 0.6) is 0 Å². The van der Waals surface area contributed by atoms with E-state index in [1.54, 1.807) is 30.1 Å². The number of thiazole rings is 1. The van der Waals surface area contributed by atoms with Gasteiger partial charge in [0.25, 0.3) is 5.91 Å². The summed E-state index contributed by atoms with van der Waals surface area (Å²) in [6, 6.07) is 7.16. The number of rotatable bonds is 4. The molecule has 0 unspecified atom stereocenters. The van der Waals surface area contributed by atoms with Gasteiger partial charge in [-0.25, -0.2) is 4.98 Å². The smallest absolute Gasteiger partial charge is 0.275 e. The van der Waals surface area contributed by atoms with Crippen molar-refractivity contribution in [1.29, 1.82) is 0 Å². The summed E-state index contributed by atoms with van der Waals surface area (Å²) in [7, 11) is 1.60.